The van der Waals surface area contributed by atoms with Crippen LogP contribution >= 0.6 is 0 Å². The van der Waals surface area contributed by atoms with Crippen LogP contribution in [0.4, 0.5) is 25.0 Å². The second kappa shape index (κ2) is 7.90. The van der Waals surface area contributed by atoms with E-state index in [2.05, 4.69) is 10.4 Å². The number of nitrogens with zero attached hydrogens (tertiary/aromatic N) is 4. The van der Waals surface area contributed by atoms with Crippen LogP contribution in [0.3, 0.4) is 0 Å². The number of halogens is 2. The van der Waals surface area contributed by atoms with E-state index in [0.717, 1.165) is 22.6 Å². The minimum atomic E-state index is -0.795. The maximum atomic E-state index is 14.8. The molecule has 1 fully saturated rings. The summed E-state index contributed by atoms with van der Waals surface area (Å²) in [6, 6.07) is 2.20. The number of fused-ring (bicyclic) bond motifs is 1. The minimum Gasteiger partial charge on any atom is -0.442 e. The predicted molar refractivity (Wildman–Crippen MR) is 102 cm³/mol. The molecule has 0 radical (unpaired) electrons. The van der Waals surface area contributed by atoms with Gasteiger partial charge in [0.1, 0.15) is 11.8 Å². The molecule has 11 heteroatoms. The highest BCUT2D eigenvalue weighted by atomic mass is 19.1. The van der Waals surface area contributed by atoms with Crippen molar-refractivity contribution in [2.45, 2.75) is 32.7 Å². The van der Waals surface area contributed by atoms with Gasteiger partial charge in [-0.1, -0.05) is 0 Å². The topological polar surface area (TPSA) is 99.9 Å². The fraction of sp³-hybridized carbons (Fsp3) is 0.421. The number of cyclic esters (lactones) is 1. The van der Waals surface area contributed by atoms with Crippen molar-refractivity contribution < 1.29 is 28.2 Å². The van der Waals surface area contributed by atoms with Crippen LogP contribution in [0.25, 0.3) is 0 Å². The summed E-state index contributed by atoms with van der Waals surface area (Å²) in [5, 5.41) is 15.9. The number of anilines is 2. The molecule has 2 amide bonds. The van der Waals surface area contributed by atoms with E-state index in [1.165, 1.54) is 11.8 Å². The van der Waals surface area contributed by atoms with Crippen LogP contribution in [0.15, 0.2) is 18.3 Å². The summed E-state index contributed by atoms with van der Waals surface area (Å²) in [7, 11) is 0. The Labute approximate surface area is 170 Å². The van der Waals surface area contributed by atoms with Crippen molar-refractivity contribution in [1.29, 1.82) is 0 Å². The average molecular weight is 421 g/mol. The van der Waals surface area contributed by atoms with Gasteiger partial charge in [0.2, 0.25) is 5.91 Å². The monoisotopic (exact) mass is 421 g/mol. The van der Waals surface area contributed by atoms with E-state index in [9.17, 15) is 18.4 Å². The molecule has 0 bridgehead atoms. The molecule has 160 valence electrons. The highest BCUT2D eigenvalue weighted by Crippen LogP contribution is 2.35. The van der Waals surface area contributed by atoms with Crippen LogP contribution in [0, 0.1) is 11.6 Å². The van der Waals surface area contributed by atoms with Crippen LogP contribution in [0.1, 0.15) is 18.2 Å². The van der Waals surface area contributed by atoms with Gasteiger partial charge >= 0.3 is 6.09 Å². The Morgan fingerprint density at radius 2 is 2.07 bits per heavy atom. The quantitative estimate of drug-likeness (QED) is 0.726. The number of nitrogens with one attached hydrogen (secondary N) is 1. The number of aliphatic hydroxyl groups excluding tert-OH is 1. The largest absolute Gasteiger partial charge is 0.442 e. The first-order valence-electron chi connectivity index (χ1n) is 9.48. The third-order valence-electron chi connectivity index (χ3n) is 5.04. The van der Waals surface area contributed by atoms with E-state index < -0.39 is 23.8 Å². The van der Waals surface area contributed by atoms with Gasteiger partial charge in [0.25, 0.3) is 0 Å². The number of hydrogen-bond donors (Lipinski definition) is 2. The first kappa shape index (κ1) is 20.1. The molecule has 2 aliphatic heterocycles. The molecular formula is C19H21F2N5O4. The van der Waals surface area contributed by atoms with Crippen LogP contribution in [-0.4, -0.2) is 52.7 Å². The lowest BCUT2D eigenvalue weighted by Crippen LogP contribution is -2.33. The fourth-order valence-corrected chi connectivity index (χ4v) is 3.69. The van der Waals surface area contributed by atoms with E-state index >= 15 is 0 Å². The summed E-state index contributed by atoms with van der Waals surface area (Å²) in [4.78, 5) is 25.8. The molecule has 3 heterocycles. The first-order chi connectivity index (χ1) is 14.4. The molecule has 9 nitrogen and oxygen atoms in total. The number of benzene rings is 1. The number of aliphatic hydroxyl groups is 1. The molecule has 0 aliphatic carbocycles. The van der Waals surface area contributed by atoms with Gasteiger partial charge in [0.05, 0.1) is 44.2 Å². The Hall–Kier alpha value is -3.21. The lowest BCUT2D eigenvalue weighted by atomic mass is 10.2. The van der Waals surface area contributed by atoms with Crippen molar-refractivity contribution in [2.24, 2.45) is 0 Å². The summed E-state index contributed by atoms with van der Waals surface area (Å²) in [5.41, 5.74) is 1.41. The predicted octanol–water partition coefficient (Wildman–Crippen LogP) is 1.14. The summed E-state index contributed by atoms with van der Waals surface area (Å²) in [6.07, 6.45) is 0.429. The number of ether oxygens (including phenoxy) is 1. The molecule has 2 N–H and O–H groups in total. The number of carbonyl (C=O) groups excluding carboxylic acids is 2. The number of rotatable bonds is 6. The molecule has 0 spiro atoms. The van der Waals surface area contributed by atoms with Crippen LogP contribution < -0.4 is 15.1 Å². The van der Waals surface area contributed by atoms with Gasteiger partial charge in [-0.2, -0.15) is 5.10 Å². The van der Waals surface area contributed by atoms with Crippen molar-refractivity contribution >= 4 is 23.4 Å². The van der Waals surface area contributed by atoms with E-state index in [-0.39, 0.29) is 43.5 Å². The summed E-state index contributed by atoms with van der Waals surface area (Å²) >= 11 is 0. The van der Waals surface area contributed by atoms with Gasteiger partial charge in [-0.25, -0.2) is 13.6 Å². The Morgan fingerprint density at radius 3 is 2.70 bits per heavy atom. The van der Waals surface area contributed by atoms with Crippen molar-refractivity contribution in [1.82, 2.24) is 15.1 Å². The van der Waals surface area contributed by atoms with E-state index in [1.54, 1.807) is 10.9 Å². The fourth-order valence-electron chi connectivity index (χ4n) is 3.69. The molecule has 30 heavy (non-hydrogen) atoms. The molecule has 2 aromatic rings. The standard InChI is InChI=1S/C19H21F2N5O4/c1-11(28)22-6-14-9-26(19(29)30-14)13-4-15(20)18(16(21)5-13)24-7-12-8-25(2-3-27)23-17(12)10-24/h4-5,8,14,27H,2-3,6-7,9-10H2,1H3,(H,22,28)/t14-/m0/s1. The van der Waals surface area contributed by atoms with Gasteiger partial charge in [-0.3, -0.25) is 14.4 Å². The SMILES string of the molecule is CC(=O)NC[C@H]1CN(c2cc(F)c(N3Cc4cn(CCO)nc4C3)c(F)c2)C(=O)O1. The van der Waals surface area contributed by atoms with Crippen LogP contribution in [0.2, 0.25) is 0 Å². The maximum absolute atomic E-state index is 14.8. The smallest absolute Gasteiger partial charge is 0.414 e. The van der Waals surface area contributed by atoms with Gasteiger partial charge < -0.3 is 20.1 Å². The third kappa shape index (κ3) is 3.80. The number of amides is 2. The van der Waals surface area contributed by atoms with E-state index in [1.807, 2.05) is 0 Å². The van der Waals surface area contributed by atoms with E-state index in [0.29, 0.717) is 18.8 Å². The lowest BCUT2D eigenvalue weighted by molar-refractivity contribution is -0.119. The molecule has 0 unspecified atom stereocenters. The Bertz CT molecular complexity index is 949. The molecule has 4 rings (SSSR count). The second-order valence-electron chi connectivity index (χ2n) is 7.26. The Balaban J connectivity index is 1.49. The zero-order valence-corrected chi connectivity index (χ0v) is 16.3. The normalized spacial score (nSPS) is 18.0. The first-order valence-corrected chi connectivity index (χ1v) is 9.48. The van der Waals surface area contributed by atoms with Gasteiger partial charge in [-0.05, 0) is 0 Å². The molecule has 1 aromatic heterocycles. The summed E-state index contributed by atoms with van der Waals surface area (Å²) in [5.74, 6) is -1.85. The Kier molecular flexibility index (Phi) is 5.29. The highest BCUT2D eigenvalue weighted by Gasteiger charge is 2.34. The number of aromatic nitrogens is 2. The highest BCUT2D eigenvalue weighted by molar-refractivity contribution is 5.90. The van der Waals surface area contributed by atoms with E-state index in [4.69, 9.17) is 9.84 Å². The lowest BCUT2D eigenvalue weighted by Gasteiger charge is -2.21. The minimum absolute atomic E-state index is 0.0421. The van der Waals surface area contributed by atoms with Gasteiger partial charge in [0.15, 0.2) is 11.6 Å². The third-order valence-corrected chi connectivity index (χ3v) is 5.04. The van der Waals surface area contributed by atoms with Crippen LogP contribution in [0.5, 0.6) is 0 Å². The van der Waals surface area contributed by atoms with Crippen LogP contribution in [-0.2, 0) is 29.2 Å². The van der Waals surface area contributed by atoms with Crippen molar-refractivity contribution in [3.05, 3.63) is 41.2 Å². The molecule has 1 aromatic carbocycles. The zero-order chi connectivity index (χ0) is 21.4. The molecule has 1 atom stereocenters. The molecule has 0 saturated carbocycles. The van der Waals surface area contributed by atoms with Crippen molar-refractivity contribution in [2.75, 3.05) is 29.5 Å². The molecular weight excluding hydrogens is 400 g/mol. The number of hydrogen-bond acceptors (Lipinski definition) is 6. The van der Waals surface area contributed by atoms with Crippen molar-refractivity contribution in [3.8, 4) is 0 Å². The van der Waals surface area contributed by atoms with Gasteiger partial charge in [0, 0.05) is 37.4 Å². The second-order valence-corrected chi connectivity index (χ2v) is 7.26. The van der Waals surface area contributed by atoms with Crippen molar-refractivity contribution in [3.63, 3.8) is 0 Å². The summed E-state index contributed by atoms with van der Waals surface area (Å²) in [6.45, 7) is 2.39. The Morgan fingerprint density at radius 1 is 1.33 bits per heavy atom. The number of carbonyl (C=O) groups is 2. The summed E-state index contributed by atoms with van der Waals surface area (Å²) < 4.78 is 36.4. The zero-order valence-electron chi connectivity index (χ0n) is 16.3. The maximum Gasteiger partial charge on any atom is 0.414 e. The average Bonchev–Trinajstić information content (AvgIpc) is 3.32. The molecule has 1 saturated heterocycles. The molecule has 2 aliphatic rings. The van der Waals surface area contributed by atoms with Gasteiger partial charge in [-0.15, -0.1) is 0 Å².